The molecule has 180 valence electrons. The molecule has 1 saturated heterocycles. The Kier molecular flexibility index (Phi) is 6.76. The van der Waals surface area contributed by atoms with Crippen LogP contribution in [0.25, 0.3) is 0 Å². The summed E-state index contributed by atoms with van der Waals surface area (Å²) in [5.41, 5.74) is -0.110. The second-order valence-electron chi connectivity index (χ2n) is 9.14. The fraction of sp³-hybridized carbons (Fsp3) is 0.400. The van der Waals surface area contributed by atoms with Gasteiger partial charge in [-0.3, -0.25) is 9.59 Å². The topological polar surface area (TPSA) is 76.4 Å². The molecule has 1 aliphatic heterocycles. The number of halogens is 3. The average molecular weight is 473 g/mol. The number of nitrogens with one attached hydrogen (secondary N) is 1. The monoisotopic (exact) mass is 472 g/mol. The van der Waals surface area contributed by atoms with Gasteiger partial charge in [0.2, 0.25) is 11.8 Å². The van der Waals surface area contributed by atoms with Crippen molar-refractivity contribution in [2.24, 2.45) is 11.3 Å². The van der Waals surface area contributed by atoms with Gasteiger partial charge in [0.05, 0.1) is 28.5 Å². The van der Waals surface area contributed by atoms with E-state index in [0.29, 0.717) is 0 Å². The van der Waals surface area contributed by atoms with E-state index >= 15 is 0 Å². The van der Waals surface area contributed by atoms with Crippen LogP contribution >= 0.6 is 0 Å². The first-order valence-corrected chi connectivity index (χ1v) is 10.8. The van der Waals surface area contributed by atoms with Gasteiger partial charge in [-0.25, -0.2) is 0 Å². The Morgan fingerprint density at radius 1 is 1.24 bits per heavy atom. The maximum Gasteiger partial charge on any atom is 0.416 e. The highest BCUT2D eigenvalue weighted by atomic mass is 19.4. The zero-order chi connectivity index (χ0) is 25.4. The molecule has 2 aromatic carbocycles. The van der Waals surface area contributed by atoms with Crippen molar-refractivity contribution < 1.29 is 22.8 Å². The molecule has 2 unspecified atom stereocenters. The highest BCUT2D eigenvalue weighted by Gasteiger charge is 2.55. The summed E-state index contributed by atoms with van der Waals surface area (Å²) in [6.07, 6.45) is -4.68. The predicted octanol–water partition coefficient (Wildman–Crippen LogP) is 4.36. The molecule has 0 aliphatic carbocycles. The third kappa shape index (κ3) is 4.64. The molecule has 1 fully saturated rings. The van der Waals surface area contributed by atoms with Crippen LogP contribution in [-0.4, -0.2) is 43.9 Å². The van der Waals surface area contributed by atoms with E-state index in [-0.39, 0.29) is 30.2 Å². The summed E-state index contributed by atoms with van der Waals surface area (Å²) in [5.74, 6) is -1.52. The quantitative estimate of drug-likeness (QED) is 0.702. The Hall–Kier alpha value is -3.38. The summed E-state index contributed by atoms with van der Waals surface area (Å²) in [5, 5.41) is 11.7. The number of rotatable bonds is 5. The summed E-state index contributed by atoms with van der Waals surface area (Å²) in [6.45, 7) is 5.73. The number of anilines is 2. The van der Waals surface area contributed by atoms with Gasteiger partial charge < -0.3 is 15.1 Å². The Morgan fingerprint density at radius 3 is 2.38 bits per heavy atom. The number of amides is 2. The Labute approximate surface area is 197 Å². The molecule has 3 rings (SSSR count). The first kappa shape index (κ1) is 25.2. The lowest BCUT2D eigenvalue weighted by molar-refractivity contribution is -0.137. The average Bonchev–Trinajstić information content (AvgIpc) is 2.98. The normalized spacial score (nSPS) is 20.5. The minimum Gasteiger partial charge on any atom is -0.325 e. The van der Waals surface area contributed by atoms with Gasteiger partial charge in [-0.05, 0) is 57.3 Å². The van der Waals surface area contributed by atoms with E-state index in [1.54, 1.807) is 36.9 Å². The van der Waals surface area contributed by atoms with Crippen molar-refractivity contribution >= 4 is 23.2 Å². The standard InChI is InChI=1S/C25H27F3N4O2/c1-15-7-6-8-16(2)21(15)32-14-24(13-31(4)5,17(3)22(32)33)23(34)30-20-10-18(12-29)9-19(11-20)25(26,27)28/h6-11,17H,13-14H2,1-5H3,(H,30,34). The van der Waals surface area contributed by atoms with Crippen LogP contribution < -0.4 is 10.2 Å². The van der Waals surface area contributed by atoms with Gasteiger partial charge in [-0.15, -0.1) is 0 Å². The van der Waals surface area contributed by atoms with Crippen LogP contribution in [0.5, 0.6) is 0 Å². The van der Waals surface area contributed by atoms with Crippen LogP contribution in [0.15, 0.2) is 36.4 Å². The van der Waals surface area contributed by atoms with Crippen molar-refractivity contribution in [3.05, 3.63) is 58.7 Å². The number of alkyl halides is 3. The molecule has 0 bridgehead atoms. The molecule has 0 aromatic heterocycles. The third-order valence-corrected chi connectivity index (χ3v) is 6.31. The van der Waals surface area contributed by atoms with Crippen molar-refractivity contribution in [1.29, 1.82) is 5.26 Å². The zero-order valence-corrected chi connectivity index (χ0v) is 19.7. The maximum atomic E-state index is 13.7. The second kappa shape index (κ2) is 9.11. The van der Waals surface area contributed by atoms with E-state index < -0.39 is 29.0 Å². The molecule has 0 radical (unpaired) electrons. The van der Waals surface area contributed by atoms with Crippen LogP contribution in [-0.2, 0) is 15.8 Å². The van der Waals surface area contributed by atoms with Crippen LogP contribution in [0, 0.1) is 36.5 Å². The number of hydrogen-bond donors (Lipinski definition) is 1. The van der Waals surface area contributed by atoms with Gasteiger partial charge in [-0.1, -0.05) is 25.1 Å². The number of aryl methyl sites for hydroxylation is 2. The highest BCUT2D eigenvalue weighted by molar-refractivity contribution is 6.08. The largest absolute Gasteiger partial charge is 0.416 e. The van der Waals surface area contributed by atoms with Crippen molar-refractivity contribution in [1.82, 2.24) is 4.90 Å². The molecule has 2 atom stereocenters. The lowest BCUT2D eigenvalue weighted by Gasteiger charge is -2.33. The molecule has 6 nitrogen and oxygen atoms in total. The molecular formula is C25H27F3N4O2. The maximum absolute atomic E-state index is 13.7. The smallest absolute Gasteiger partial charge is 0.325 e. The van der Waals surface area contributed by atoms with Crippen molar-refractivity contribution in [3.63, 3.8) is 0 Å². The van der Waals surface area contributed by atoms with E-state index in [4.69, 9.17) is 5.26 Å². The predicted molar refractivity (Wildman–Crippen MR) is 123 cm³/mol. The van der Waals surface area contributed by atoms with E-state index in [9.17, 15) is 22.8 Å². The second-order valence-corrected chi connectivity index (χ2v) is 9.14. The number of nitriles is 1. The first-order valence-electron chi connectivity index (χ1n) is 10.8. The van der Waals surface area contributed by atoms with Crippen LogP contribution in [0.3, 0.4) is 0 Å². The number of para-hydroxylation sites is 1. The number of hydrogen-bond acceptors (Lipinski definition) is 4. The van der Waals surface area contributed by atoms with E-state index in [1.165, 1.54) is 6.07 Å². The number of benzene rings is 2. The lowest BCUT2D eigenvalue weighted by Crippen LogP contribution is -2.49. The fourth-order valence-electron chi connectivity index (χ4n) is 4.66. The number of nitrogens with zero attached hydrogens (tertiary/aromatic N) is 3. The molecule has 2 amide bonds. The number of carbonyl (C=O) groups is 2. The number of carbonyl (C=O) groups excluding carboxylic acids is 2. The van der Waals surface area contributed by atoms with Gasteiger partial charge in [0.25, 0.3) is 0 Å². The van der Waals surface area contributed by atoms with E-state index in [2.05, 4.69) is 5.32 Å². The van der Waals surface area contributed by atoms with Gasteiger partial charge in [0, 0.05) is 24.5 Å². The Balaban J connectivity index is 2.04. The van der Waals surface area contributed by atoms with Crippen LogP contribution in [0.2, 0.25) is 0 Å². The molecule has 0 saturated carbocycles. The molecule has 0 spiro atoms. The van der Waals surface area contributed by atoms with Gasteiger partial charge in [-0.2, -0.15) is 18.4 Å². The summed E-state index contributed by atoms with van der Waals surface area (Å²) >= 11 is 0. The van der Waals surface area contributed by atoms with Crippen molar-refractivity contribution in [3.8, 4) is 6.07 Å². The molecule has 1 aliphatic rings. The summed E-state index contributed by atoms with van der Waals surface area (Å²) in [6, 6.07) is 10.1. The summed E-state index contributed by atoms with van der Waals surface area (Å²) in [4.78, 5) is 30.4. The highest BCUT2D eigenvalue weighted by Crippen LogP contribution is 2.43. The fourth-order valence-corrected chi connectivity index (χ4v) is 4.66. The SMILES string of the molecule is Cc1cccc(C)c1N1CC(CN(C)C)(C(=O)Nc2cc(C#N)cc(C(F)(F)F)c2)C(C)C1=O. The van der Waals surface area contributed by atoms with Gasteiger partial charge in [0.1, 0.15) is 0 Å². The molecule has 34 heavy (non-hydrogen) atoms. The van der Waals surface area contributed by atoms with Crippen molar-refractivity contribution in [2.45, 2.75) is 26.9 Å². The summed E-state index contributed by atoms with van der Waals surface area (Å²) < 4.78 is 40.0. The van der Waals surface area contributed by atoms with Crippen LogP contribution in [0.1, 0.15) is 29.2 Å². The summed E-state index contributed by atoms with van der Waals surface area (Å²) in [7, 11) is 3.54. The van der Waals surface area contributed by atoms with Crippen LogP contribution in [0.4, 0.5) is 24.5 Å². The minimum absolute atomic E-state index is 0.0762. The first-order chi connectivity index (χ1) is 15.8. The minimum atomic E-state index is -4.68. The molecular weight excluding hydrogens is 445 g/mol. The van der Waals surface area contributed by atoms with Gasteiger partial charge in [0.15, 0.2) is 0 Å². The molecule has 1 N–H and O–H groups in total. The zero-order valence-electron chi connectivity index (χ0n) is 19.7. The third-order valence-electron chi connectivity index (χ3n) is 6.31. The Morgan fingerprint density at radius 2 is 1.85 bits per heavy atom. The molecule has 2 aromatic rings. The molecule has 9 heteroatoms. The molecule has 1 heterocycles. The lowest BCUT2D eigenvalue weighted by atomic mass is 9.77. The Bertz CT molecular complexity index is 1150. The van der Waals surface area contributed by atoms with E-state index in [1.807, 2.05) is 32.0 Å². The van der Waals surface area contributed by atoms with Gasteiger partial charge >= 0.3 is 6.18 Å². The van der Waals surface area contributed by atoms with Crippen molar-refractivity contribution in [2.75, 3.05) is 37.4 Å². The van der Waals surface area contributed by atoms with E-state index in [0.717, 1.165) is 28.9 Å².